The highest BCUT2D eigenvalue weighted by Crippen LogP contribution is 2.30. The Morgan fingerprint density at radius 1 is 0.946 bits per heavy atom. The predicted molar refractivity (Wildman–Crippen MR) is 141 cm³/mol. The van der Waals surface area contributed by atoms with Crippen LogP contribution in [0.25, 0.3) is 0 Å². The van der Waals surface area contributed by atoms with Crippen molar-refractivity contribution >= 4 is 33.5 Å². The number of aryl methyl sites for hydroxylation is 1. The van der Waals surface area contributed by atoms with E-state index < -0.39 is 28.6 Å². The van der Waals surface area contributed by atoms with E-state index in [2.05, 4.69) is 22.2 Å². The number of hydrogen-bond donors (Lipinski definition) is 3. The van der Waals surface area contributed by atoms with Gasteiger partial charge in [-0.05, 0) is 54.7 Å². The number of carbonyl (C=O) groups is 2. The molecule has 0 radical (unpaired) electrons. The lowest BCUT2D eigenvalue weighted by Crippen LogP contribution is -2.34. The number of nitrogens with one attached hydrogen (secondary N) is 2. The van der Waals surface area contributed by atoms with E-state index in [0.29, 0.717) is 12.1 Å². The average Bonchev–Trinajstić information content (AvgIpc) is 2.88. The summed E-state index contributed by atoms with van der Waals surface area (Å²) in [7, 11) is -3.94. The van der Waals surface area contributed by atoms with E-state index in [1.54, 1.807) is 24.3 Å². The van der Waals surface area contributed by atoms with Gasteiger partial charge in [0.2, 0.25) is 15.9 Å². The van der Waals surface area contributed by atoms with Crippen molar-refractivity contribution in [1.29, 1.82) is 0 Å². The molecule has 3 aromatic carbocycles. The number of aliphatic carboxylic acids is 1. The Morgan fingerprint density at radius 3 is 2.27 bits per heavy atom. The van der Waals surface area contributed by atoms with Gasteiger partial charge >= 0.3 is 5.97 Å². The minimum atomic E-state index is -3.94. The van der Waals surface area contributed by atoms with Gasteiger partial charge in [-0.15, -0.1) is 0 Å². The fraction of sp³-hybridized carbons (Fsp3) is 0.259. The van der Waals surface area contributed by atoms with Gasteiger partial charge in [0.15, 0.2) is 6.61 Å². The number of carboxylic acid groups (broad SMARTS) is 1. The predicted octanol–water partition coefficient (Wildman–Crippen LogP) is 4.35. The van der Waals surface area contributed by atoms with Gasteiger partial charge in [-0.25, -0.2) is 17.9 Å². The lowest BCUT2D eigenvalue weighted by molar-refractivity contribution is -0.139. The quantitative estimate of drug-likeness (QED) is 0.259. The molecule has 3 aromatic rings. The molecule has 0 saturated carbocycles. The van der Waals surface area contributed by atoms with Crippen molar-refractivity contribution in [3.63, 3.8) is 0 Å². The lowest BCUT2D eigenvalue weighted by atomic mass is 10.0. The first kappa shape index (κ1) is 28.2. The van der Waals surface area contributed by atoms with Crippen LogP contribution in [0, 0.1) is 0 Å². The molecule has 0 fully saturated rings. The van der Waals surface area contributed by atoms with Crippen molar-refractivity contribution in [1.82, 2.24) is 10.0 Å². The molecular weight excluding hydrogens is 516 g/mol. The van der Waals surface area contributed by atoms with Crippen LogP contribution >= 0.6 is 11.6 Å². The Bertz CT molecular complexity index is 1290. The molecule has 1 unspecified atom stereocenters. The molecule has 8 nitrogen and oxygen atoms in total. The van der Waals surface area contributed by atoms with Crippen LogP contribution in [0.1, 0.15) is 36.4 Å². The van der Waals surface area contributed by atoms with Crippen molar-refractivity contribution in [3.8, 4) is 5.75 Å². The summed E-state index contributed by atoms with van der Waals surface area (Å²) >= 11 is 6.25. The zero-order chi connectivity index (χ0) is 26.7. The Morgan fingerprint density at radius 2 is 1.62 bits per heavy atom. The summed E-state index contributed by atoms with van der Waals surface area (Å²) in [6, 6.07) is 21.5. The van der Waals surface area contributed by atoms with E-state index in [1.807, 2.05) is 18.2 Å². The molecule has 0 aliphatic rings. The van der Waals surface area contributed by atoms with Gasteiger partial charge in [-0.3, -0.25) is 4.79 Å². The number of carbonyl (C=O) groups excluding carboxylic acids is 1. The van der Waals surface area contributed by atoms with Crippen molar-refractivity contribution in [3.05, 3.63) is 95.0 Å². The van der Waals surface area contributed by atoms with Crippen LogP contribution < -0.4 is 14.8 Å². The van der Waals surface area contributed by atoms with E-state index in [0.717, 1.165) is 19.3 Å². The van der Waals surface area contributed by atoms with Gasteiger partial charge in [0.25, 0.3) is 0 Å². The van der Waals surface area contributed by atoms with E-state index >= 15 is 0 Å². The van der Waals surface area contributed by atoms with Crippen LogP contribution in [0.4, 0.5) is 0 Å². The zero-order valence-corrected chi connectivity index (χ0v) is 21.7. The maximum Gasteiger partial charge on any atom is 0.341 e. The van der Waals surface area contributed by atoms with Crippen LogP contribution in [0.15, 0.2) is 83.8 Å². The molecule has 10 heteroatoms. The van der Waals surface area contributed by atoms with E-state index in [-0.39, 0.29) is 28.0 Å². The first-order valence-electron chi connectivity index (χ1n) is 11.8. The molecule has 1 atom stereocenters. The SMILES string of the molecule is O=C(O)COc1ccc(C(CC(=O)NCCCCc2ccccc2)NS(=O)(=O)c2ccccc2)cc1Cl. The summed E-state index contributed by atoms with van der Waals surface area (Å²) < 4.78 is 33.7. The number of halogens is 1. The molecule has 0 aliphatic heterocycles. The number of carboxylic acids is 1. The summed E-state index contributed by atoms with van der Waals surface area (Å²) in [5.41, 5.74) is 1.67. The second-order valence-corrected chi connectivity index (χ2v) is 10.5. The summed E-state index contributed by atoms with van der Waals surface area (Å²) in [4.78, 5) is 23.6. The minimum absolute atomic E-state index is 0.0637. The van der Waals surface area contributed by atoms with E-state index in [4.69, 9.17) is 21.4 Å². The van der Waals surface area contributed by atoms with Crippen LogP contribution in [0.3, 0.4) is 0 Å². The molecule has 3 rings (SSSR count). The van der Waals surface area contributed by atoms with Gasteiger partial charge in [0.1, 0.15) is 5.75 Å². The molecule has 0 bridgehead atoms. The maximum absolute atomic E-state index is 13.0. The largest absolute Gasteiger partial charge is 0.480 e. The van der Waals surface area contributed by atoms with Crippen molar-refractivity contribution in [2.24, 2.45) is 0 Å². The lowest BCUT2D eigenvalue weighted by Gasteiger charge is -2.20. The number of sulfonamides is 1. The summed E-state index contributed by atoms with van der Waals surface area (Å²) in [6.07, 6.45) is 2.44. The molecule has 0 aromatic heterocycles. The molecule has 196 valence electrons. The molecule has 3 N–H and O–H groups in total. The highest BCUT2D eigenvalue weighted by molar-refractivity contribution is 7.89. The van der Waals surface area contributed by atoms with Gasteiger partial charge in [-0.1, -0.05) is 66.2 Å². The van der Waals surface area contributed by atoms with Crippen molar-refractivity contribution < 1.29 is 27.9 Å². The monoisotopic (exact) mass is 544 g/mol. The second-order valence-electron chi connectivity index (χ2n) is 8.36. The molecular formula is C27H29ClN2O6S. The van der Waals surface area contributed by atoms with Crippen LogP contribution in [-0.2, 0) is 26.0 Å². The maximum atomic E-state index is 13.0. The fourth-order valence-corrected chi connectivity index (χ4v) is 5.15. The van der Waals surface area contributed by atoms with Crippen molar-refractivity contribution in [2.75, 3.05) is 13.2 Å². The normalized spacial score (nSPS) is 12.0. The first-order chi connectivity index (χ1) is 17.7. The standard InChI is InChI=1S/C27H29ClN2O6S/c28-23-17-21(14-15-25(23)36-19-27(32)33)24(30-37(34,35)22-12-5-2-6-13-22)18-26(31)29-16-8-7-11-20-9-3-1-4-10-20/h1-6,9-10,12-15,17,24,30H,7-8,11,16,18-19H2,(H,29,31)(H,32,33). The highest BCUT2D eigenvalue weighted by atomic mass is 35.5. The zero-order valence-electron chi connectivity index (χ0n) is 20.1. The second kappa shape index (κ2) is 13.8. The third-order valence-electron chi connectivity index (χ3n) is 5.51. The smallest absolute Gasteiger partial charge is 0.341 e. The Balaban J connectivity index is 1.67. The number of ether oxygens (including phenoxy) is 1. The summed E-state index contributed by atoms with van der Waals surface area (Å²) in [5, 5.41) is 11.8. The molecule has 37 heavy (non-hydrogen) atoms. The number of rotatable bonds is 14. The van der Waals surface area contributed by atoms with Crippen LogP contribution in [0.2, 0.25) is 5.02 Å². The van der Waals surface area contributed by atoms with Crippen molar-refractivity contribution in [2.45, 2.75) is 36.6 Å². The number of unbranched alkanes of at least 4 members (excludes halogenated alkanes) is 1. The number of hydrogen-bond acceptors (Lipinski definition) is 5. The molecule has 0 saturated heterocycles. The average molecular weight is 545 g/mol. The van der Waals surface area contributed by atoms with E-state index in [9.17, 15) is 18.0 Å². The van der Waals surface area contributed by atoms with Gasteiger partial charge in [-0.2, -0.15) is 0 Å². The van der Waals surface area contributed by atoms with E-state index in [1.165, 1.54) is 29.8 Å². The summed E-state index contributed by atoms with van der Waals surface area (Å²) in [5.74, 6) is -1.34. The van der Waals surface area contributed by atoms with Crippen LogP contribution in [0.5, 0.6) is 5.75 Å². The third-order valence-corrected chi connectivity index (χ3v) is 7.29. The molecule has 1 amide bonds. The Kier molecular flexibility index (Phi) is 10.5. The minimum Gasteiger partial charge on any atom is -0.480 e. The van der Waals surface area contributed by atoms with Gasteiger partial charge < -0.3 is 15.2 Å². The first-order valence-corrected chi connectivity index (χ1v) is 13.6. The molecule has 0 aliphatic carbocycles. The number of amides is 1. The topological polar surface area (TPSA) is 122 Å². The summed E-state index contributed by atoms with van der Waals surface area (Å²) in [6.45, 7) is -0.109. The number of benzene rings is 3. The molecule has 0 spiro atoms. The van der Waals surface area contributed by atoms with Gasteiger partial charge in [0.05, 0.1) is 16.0 Å². The van der Waals surface area contributed by atoms with Crippen LogP contribution in [-0.4, -0.2) is 38.6 Å². The fourth-order valence-electron chi connectivity index (χ4n) is 3.66. The van der Waals surface area contributed by atoms with Gasteiger partial charge in [0, 0.05) is 13.0 Å². The Hall–Kier alpha value is -3.40. The highest BCUT2D eigenvalue weighted by Gasteiger charge is 2.24. The Labute approximate surface area is 221 Å². The third kappa shape index (κ3) is 9.20. The molecule has 0 heterocycles.